The summed E-state index contributed by atoms with van der Waals surface area (Å²) in [6.45, 7) is 10.7. The third kappa shape index (κ3) is 3.49. The first-order valence-corrected chi connectivity index (χ1v) is 7.42. The fraction of sp³-hybridized carbons (Fsp3) is 0.625. The fourth-order valence-corrected chi connectivity index (χ4v) is 2.87. The highest BCUT2D eigenvalue weighted by atomic mass is 19.1. The second-order valence-electron chi connectivity index (χ2n) is 6.04. The smallest absolute Gasteiger partial charge is 0.146 e. The minimum Gasteiger partial charge on any atom is -0.389 e. The maximum absolute atomic E-state index is 14.1. The van der Waals surface area contributed by atoms with E-state index in [2.05, 4.69) is 23.6 Å². The van der Waals surface area contributed by atoms with Gasteiger partial charge in [-0.2, -0.15) is 0 Å². The van der Waals surface area contributed by atoms with E-state index in [1.165, 1.54) is 6.07 Å². The topological polar surface area (TPSA) is 26.7 Å². The Kier molecular flexibility index (Phi) is 5.00. The number of hydrogen-bond acceptors (Lipinski definition) is 3. The molecule has 0 bridgehead atoms. The SMILES string of the molecule is CC(C)CN1CCN(c2c(F)cccc2[C@H](C)O)CC1. The molecule has 1 aliphatic rings. The highest BCUT2D eigenvalue weighted by molar-refractivity contribution is 5.56. The number of hydrogen-bond donors (Lipinski definition) is 1. The number of anilines is 1. The molecule has 1 aromatic rings. The van der Waals surface area contributed by atoms with Crippen molar-refractivity contribution in [3.05, 3.63) is 29.6 Å². The van der Waals surface area contributed by atoms with Gasteiger partial charge in [0.1, 0.15) is 5.82 Å². The van der Waals surface area contributed by atoms with E-state index in [0.717, 1.165) is 32.7 Å². The van der Waals surface area contributed by atoms with Crippen LogP contribution in [0.15, 0.2) is 18.2 Å². The number of aliphatic hydroxyl groups excluding tert-OH is 1. The van der Waals surface area contributed by atoms with E-state index in [1.54, 1.807) is 13.0 Å². The lowest BCUT2D eigenvalue weighted by Gasteiger charge is -2.38. The van der Waals surface area contributed by atoms with Crippen LogP contribution in [0.1, 0.15) is 32.4 Å². The van der Waals surface area contributed by atoms with Crippen LogP contribution in [0.5, 0.6) is 0 Å². The Bertz CT molecular complexity index is 440. The summed E-state index contributed by atoms with van der Waals surface area (Å²) >= 11 is 0. The molecule has 3 nitrogen and oxygen atoms in total. The van der Waals surface area contributed by atoms with E-state index in [-0.39, 0.29) is 5.82 Å². The molecular formula is C16H25FN2O. The number of nitrogens with zero attached hydrogens (tertiary/aromatic N) is 2. The second kappa shape index (κ2) is 6.55. The van der Waals surface area contributed by atoms with Crippen LogP contribution in [0, 0.1) is 11.7 Å². The van der Waals surface area contributed by atoms with Crippen LogP contribution in [0.4, 0.5) is 10.1 Å². The van der Waals surface area contributed by atoms with Gasteiger partial charge in [0.25, 0.3) is 0 Å². The van der Waals surface area contributed by atoms with Gasteiger partial charge in [-0.1, -0.05) is 26.0 Å². The molecule has 1 aromatic carbocycles. The van der Waals surface area contributed by atoms with E-state index < -0.39 is 6.10 Å². The van der Waals surface area contributed by atoms with Gasteiger partial charge >= 0.3 is 0 Å². The minimum absolute atomic E-state index is 0.235. The van der Waals surface area contributed by atoms with Gasteiger partial charge < -0.3 is 10.0 Å². The highest BCUT2D eigenvalue weighted by Crippen LogP contribution is 2.30. The van der Waals surface area contributed by atoms with Crippen LogP contribution < -0.4 is 4.90 Å². The summed E-state index contributed by atoms with van der Waals surface area (Å²) in [5, 5.41) is 9.83. The van der Waals surface area contributed by atoms with Gasteiger partial charge in [0.05, 0.1) is 11.8 Å². The third-order valence-corrected chi connectivity index (χ3v) is 3.78. The van der Waals surface area contributed by atoms with Gasteiger partial charge in [-0.25, -0.2) is 4.39 Å². The van der Waals surface area contributed by atoms with Crippen molar-refractivity contribution in [1.82, 2.24) is 4.90 Å². The van der Waals surface area contributed by atoms with Gasteiger partial charge in [-0.05, 0) is 18.9 Å². The lowest BCUT2D eigenvalue weighted by molar-refractivity contribution is 0.197. The van der Waals surface area contributed by atoms with Crippen LogP contribution in [-0.2, 0) is 0 Å². The molecule has 1 aliphatic heterocycles. The van der Waals surface area contributed by atoms with Crippen molar-refractivity contribution in [2.24, 2.45) is 5.92 Å². The molecule has 0 unspecified atom stereocenters. The Morgan fingerprint density at radius 3 is 2.35 bits per heavy atom. The summed E-state index contributed by atoms with van der Waals surface area (Å²) in [6.07, 6.45) is -0.644. The zero-order valence-corrected chi connectivity index (χ0v) is 12.6. The van der Waals surface area contributed by atoms with Crippen molar-refractivity contribution in [3.63, 3.8) is 0 Å². The maximum Gasteiger partial charge on any atom is 0.146 e. The second-order valence-corrected chi connectivity index (χ2v) is 6.04. The summed E-state index contributed by atoms with van der Waals surface area (Å²) in [7, 11) is 0. The Hall–Kier alpha value is -1.13. The van der Waals surface area contributed by atoms with E-state index >= 15 is 0 Å². The number of para-hydroxylation sites is 1. The van der Waals surface area contributed by atoms with E-state index in [0.29, 0.717) is 17.2 Å². The molecule has 0 spiro atoms. The minimum atomic E-state index is -0.644. The normalized spacial score (nSPS) is 18.6. The quantitative estimate of drug-likeness (QED) is 0.918. The van der Waals surface area contributed by atoms with Crippen LogP contribution >= 0.6 is 0 Å². The number of aliphatic hydroxyl groups is 1. The molecule has 0 aromatic heterocycles. The highest BCUT2D eigenvalue weighted by Gasteiger charge is 2.23. The molecular weight excluding hydrogens is 255 g/mol. The van der Waals surface area contributed by atoms with Crippen LogP contribution in [0.25, 0.3) is 0 Å². The lowest BCUT2D eigenvalue weighted by atomic mass is 10.1. The number of piperazine rings is 1. The first kappa shape index (κ1) is 15.3. The van der Waals surface area contributed by atoms with Crippen LogP contribution in [-0.4, -0.2) is 42.7 Å². The van der Waals surface area contributed by atoms with Crippen molar-refractivity contribution in [2.45, 2.75) is 26.9 Å². The largest absolute Gasteiger partial charge is 0.389 e. The molecule has 2 rings (SSSR count). The molecule has 112 valence electrons. The average molecular weight is 280 g/mol. The first-order valence-electron chi connectivity index (χ1n) is 7.42. The fourth-order valence-electron chi connectivity index (χ4n) is 2.87. The third-order valence-electron chi connectivity index (χ3n) is 3.78. The molecule has 4 heteroatoms. The number of rotatable bonds is 4. The number of halogens is 1. The van der Waals surface area contributed by atoms with Crippen molar-refractivity contribution in [2.75, 3.05) is 37.6 Å². The molecule has 1 heterocycles. The summed E-state index contributed by atoms with van der Waals surface area (Å²) in [6, 6.07) is 4.95. The molecule has 1 saturated heterocycles. The first-order chi connectivity index (χ1) is 9.49. The maximum atomic E-state index is 14.1. The molecule has 0 amide bonds. The van der Waals surface area contributed by atoms with Gasteiger partial charge in [0, 0.05) is 38.3 Å². The monoisotopic (exact) mass is 280 g/mol. The molecule has 0 saturated carbocycles. The van der Waals surface area contributed by atoms with Crippen molar-refractivity contribution in [1.29, 1.82) is 0 Å². The average Bonchev–Trinajstić information content (AvgIpc) is 2.39. The Morgan fingerprint density at radius 1 is 1.15 bits per heavy atom. The van der Waals surface area contributed by atoms with Crippen LogP contribution in [0.3, 0.4) is 0 Å². The van der Waals surface area contributed by atoms with Gasteiger partial charge in [-0.3, -0.25) is 4.90 Å². The Balaban J connectivity index is 2.11. The summed E-state index contributed by atoms with van der Waals surface area (Å²) in [5.74, 6) is 0.420. The van der Waals surface area contributed by atoms with Crippen molar-refractivity contribution >= 4 is 5.69 Å². The molecule has 1 atom stereocenters. The van der Waals surface area contributed by atoms with E-state index in [1.807, 2.05) is 6.07 Å². The summed E-state index contributed by atoms with van der Waals surface area (Å²) < 4.78 is 14.1. The van der Waals surface area contributed by atoms with E-state index in [4.69, 9.17) is 0 Å². The Morgan fingerprint density at radius 2 is 1.80 bits per heavy atom. The zero-order valence-electron chi connectivity index (χ0n) is 12.6. The Labute approximate surface area is 121 Å². The molecule has 0 aliphatic carbocycles. The standard InChI is InChI=1S/C16H25FN2O/c1-12(2)11-18-7-9-19(10-8-18)16-14(13(3)20)5-4-6-15(16)17/h4-6,12-13,20H,7-11H2,1-3H3/t13-/m0/s1. The predicted octanol–water partition coefficient (Wildman–Crippen LogP) is 2.66. The molecule has 20 heavy (non-hydrogen) atoms. The zero-order chi connectivity index (χ0) is 14.7. The van der Waals surface area contributed by atoms with Gasteiger partial charge in [-0.15, -0.1) is 0 Å². The van der Waals surface area contributed by atoms with Gasteiger partial charge in [0.15, 0.2) is 0 Å². The lowest BCUT2D eigenvalue weighted by Crippen LogP contribution is -2.48. The van der Waals surface area contributed by atoms with Crippen molar-refractivity contribution < 1.29 is 9.50 Å². The van der Waals surface area contributed by atoms with Crippen molar-refractivity contribution in [3.8, 4) is 0 Å². The summed E-state index contributed by atoms with van der Waals surface area (Å²) in [4.78, 5) is 4.48. The molecule has 0 radical (unpaired) electrons. The van der Waals surface area contributed by atoms with Crippen LogP contribution in [0.2, 0.25) is 0 Å². The molecule has 1 N–H and O–H groups in total. The van der Waals surface area contributed by atoms with E-state index in [9.17, 15) is 9.50 Å². The summed E-state index contributed by atoms with van der Waals surface area (Å²) in [5.41, 5.74) is 1.26. The van der Waals surface area contributed by atoms with Gasteiger partial charge in [0.2, 0.25) is 0 Å². The molecule has 1 fully saturated rings. The number of benzene rings is 1. The predicted molar refractivity (Wildman–Crippen MR) is 80.5 cm³/mol.